The van der Waals surface area contributed by atoms with Gasteiger partial charge in [0.2, 0.25) is 5.91 Å². The van der Waals surface area contributed by atoms with Gasteiger partial charge in [-0.25, -0.2) is 0 Å². The summed E-state index contributed by atoms with van der Waals surface area (Å²) in [6, 6.07) is 8.01. The van der Waals surface area contributed by atoms with E-state index in [4.69, 9.17) is 5.73 Å². The Labute approximate surface area is 101 Å². The molecule has 0 saturated carbocycles. The molecule has 1 heterocycles. The van der Waals surface area contributed by atoms with Gasteiger partial charge in [0.15, 0.2) is 0 Å². The Balaban J connectivity index is 2.56. The average molecular weight is 228 g/mol. The number of rotatable bonds is 2. The van der Waals surface area contributed by atoms with Crippen LogP contribution in [-0.2, 0) is 4.79 Å². The molecule has 0 radical (unpaired) electrons. The van der Waals surface area contributed by atoms with E-state index in [0.717, 1.165) is 16.7 Å². The number of primary amides is 1. The van der Waals surface area contributed by atoms with Crippen molar-refractivity contribution < 1.29 is 4.79 Å². The van der Waals surface area contributed by atoms with E-state index in [0.29, 0.717) is 12.1 Å². The van der Waals surface area contributed by atoms with Crippen molar-refractivity contribution >= 4 is 11.5 Å². The van der Waals surface area contributed by atoms with Crippen molar-refractivity contribution in [3.8, 4) is 0 Å². The lowest BCUT2D eigenvalue weighted by molar-refractivity contribution is -0.114. The van der Waals surface area contributed by atoms with Gasteiger partial charge >= 0.3 is 0 Å². The van der Waals surface area contributed by atoms with Crippen LogP contribution in [0.4, 0.5) is 0 Å². The van der Waals surface area contributed by atoms with E-state index >= 15 is 0 Å². The Bertz CT molecular complexity index is 515. The first kappa shape index (κ1) is 11.5. The first-order valence-corrected chi connectivity index (χ1v) is 5.57. The van der Waals surface area contributed by atoms with Crippen LogP contribution in [0.3, 0.4) is 0 Å². The highest BCUT2D eigenvalue weighted by atomic mass is 16.1. The number of aryl methyl sites for hydroxylation is 1. The van der Waals surface area contributed by atoms with Crippen molar-refractivity contribution in [2.45, 2.75) is 6.92 Å². The van der Waals surface area contributed by atoms with Gasteiger partial charge in [-0.1, -0.05) is 24.3 Å². The largest absolute Gasteiger partial charge is 0.376 e. The fourth-order valence-electron chi connectivity index (χ4n) is 2.03. The van der Waals surface area contributed by atoms with Crippen molar-refractivity contribution in [3.63, 3.8) is 0 Å². The number of benzene rings is 1. The van der Waals surface area contributed by atoms with E-state index in [1.54, 1.807) is 0 Å². The summed E-state index contributed by atoms with van der Waals surface area (Å²) < 4.78 is 0. The van der Waals surface area contributed by atoms with E-state index < -0.39 is 0 Å². The fourth-order valence-corrected chi connectivity index (χ4v) is 2.03. The molecular formula is C14H16N2O. The molecule has 0 aliphatic carbocycles. The predicted molar refractivity (Wildman–Crippen MR) is 69.1 cm³/mol. The number of hydrogen-bond donors (Lipinski definition) is 1. The van der Waals surface area contributed by atoms with Crippen LogP contribution >= 0.6 is 0 Å². The molecule has 1 aromatic carbocycles. The van der Waals surface area contributed by atoms with Crippen LogP contribution in [0.25, 0.3) is 5.57 Å². The molecule has 1 aliphatic rings. The summed E-state index contributed by atoms with van der Waals surface area (Å²) in [5, 5.41) is 0. The minimum Gasteiger partial charge on any atom is -0.376 e. The van der Waals surface area contributed by atoms with Crippen LogP contribution in [0, 0.1) is 6.92 Å². The summed E-state index contributed by atoms with van der Waals surface area (Å²) >= 11 is 0. The molecule has 0 spiro atoms. The molecule has 2 rings (SSSR count). The third kappa shape index (κ3) is 2.23. The topological polar surface area (TPSA) is 46.3 Å². The van der Waals surface area contributed by atoms with E-state index in [2.05, 4.69) is 0 Å². The van der Waals surface area contributed by atoms with Crippen molar-refractivity contribution in [3.05, 3.63) is 53.2 Å². The van der Waals surface area contributed by atoms with Crippen molar-refractivity contribution in [1.29, 1.82) is 0 Å². The second-order valence-corrected chi connectivity index (χ2v) is 4.30. The number of nitrogens with zero attached hydrogens (tertiary/aromatic N) is 1. The van der Waals surface area contributed by atoms with Crippen LogP contribution in [0.2, 0.25) is 0 Å². The van der Waals surface area contributed by atoms with Gasteiger partial charge in [0.25, 0.3) is 0 Å². The van der Waals surface area contributed by atoms with Crippen LogP contribution in [0.5, 0.6) is 0 Å². The number of carbonyl (C=O) groups excluding carboxylic acids is 1. The summed E-state index contributed by atoms with van der Waals surface area (Å²) in [7, 11) is 1.92. The number of carbonyl (C=O) groups is 1. The Morgan fingerprint density at radius 1 is 1.35 bits per heavy atom. The zero-order chi connectivity index (χ0) is 12.4. The Morgan fingerprint density at radius 3 is 2.71 bits per heavy atom. The van der Waals surface area contributed by atoms with Gasteiger partial charge in [-0.05, 0) is 35.9 Å². The highest BCUT2D eigenvalue weighted by Crippen LogP contribution is 2.26. The lowest BCUT2D eigenvalue weighted by Gasteiger charge is -2.23. The van der Waals surface area contributed by atoms with Gasteiger partial charge in [0, 0.05) is 19.2 Å². The maximum absolute atomic E-state index is 11.5. The van der Waals surface area contributed by atoms with Crippen LogP contribution in [0.1, 0.15) is 11.1 Å². The second-order valence-electron chi connectivity index (χ2n) is 4.30. The molecule has 0 saturated heterocycles. The van der Waals surface area contributed by atoms with E-state index in [1.165, 1.54) is 0 Å². The molecule has 3 nitrogen and oxygen atoms in total. The SMILES string of the molecule is Cc1ccccc1C1=C(C(N)=O)CN(C)C=C1. The van der Waals surface area contributed by atoms with Gasteiger partial charge in [-0.15, -0.1) is 0 Å². The van der Waals surface area contributed by atoms with E-state index in [-0.39, 0.29) is 5.91 Å². The van der Waals surface area contributed by atoms with Gasteiger partial charge < -0.3 is 10.6 Å². The smallest absolute Gasteiger partial charge is 0.247 e. The maximum Gasteiger partial charge on any atom is 0.247 e. The van der Waals surface area contributed by atoms with Gasteiger partial charge in [-0.3, -0.25) is 4.79 Å². The summed E-state index contributed by atoms with van der Waals surface area (Å²) in [6.45, 7) is 2.60. The zero-order valence-corrected chi connectivity index (χ0v) is 10.1. The first-order valence-electron chi connectivity index (χ1n) is 5.57. The zero-order valence-electron chi connectivity index (χ0n) is 10.1. The molecule has 0 unspecified atom stereocenters. The quantitative estimate of drug-likeness (QED) is 0.837. The first-order chi connectivity index (χ1) is 8.09. The molecule has 1 aromatic rings. The molecule has 1 aliphatic heterocycles. The highest BCUT2D eigenvalue weighted by Gasteiger charge is 2.18. The third-order valence-electron chi connectivity index (χ3n) is 2.96. The number of amides is 1. The fraction of sp³-hybridized carbons (Fsp3) is 0.214. The standard InChI is InChI=1S/C14H16N2O/c1-10-5-3-4-6-11(10)12-7-8-16(2)9-13(12)14(15)17/h3-8H,9H2,1-2H3,(H2,15,17). The van der Waals surface area contributed by atoms with Gasteiger partial charge in [-0.2, -0.15) is 0 Å². The van der Waals surface area contributed by atoms with Crippen LogP contribution in [0.15, 0.2) is 42.1 Å². The summed E-state index contributed by atoms with van der Waals surface area (Å²) in [4.78, 5) is 13.4. The second kappa shape index (κ2) is 4.45. The van der Waals surface area contributed by atoms with Crippen molar-refractivity contribution in [1.82, 2.24) is 4.90 Å². The van der Waals surface area contributed by atoms with Crippen molar-refractivity contribution in [2.24, 2.45) is 5.73 Å². The van der Waals surface area contributed by atoms with Crippen molar-refractivity contribution in [2.75, 3.05) is 13.6 Å². The molecule has 17 heavy (non-hydrogen) atoms. The van der Waals surface area contributed by atoms with Gasteiger partial charge in [0.05, 0.1) is 0 Å². The summed E-state index contributed by atoms with van der Waals surface area (Å²) in [6.07, 6.45) is 3.92. The third-order valence-corrected chi connectivity index (χ3v) is 2.96. The number of allylic oxidation sites excluding steroid dienone is 2. The summed E-state index contributed by atoms with van der Waals surface area (Å²) in [5.74, 6) is -0.348. The average Bonchev–Trinajstić information content (AvgIpc) is 2.30. The van der Waals surface area contributed by atoms with Crippen LogP contribution in [-0.4, -0.2) is 24.4 Å². The Hall–Kier alpha value is -2.03. The van der Waals surface area contributed by atoms with Crippen LogP contribution < -0.4 is 5.73 Å². The molecule has 2 N–H and O–H groups in total. The molecule has 0 aromatic heterocycles. The number of hydrogen-bond acceptors (Lipinski definition) is 2. The summed E-state index contributed by atoms with van der Waals surface area (Å²) in [5.41, 5.74) is 9.28. The van der Waals surface area contributed by atoms with Gasteiger partial charge in [0.1, 0.15) is 0 Å². The minimum atomic E-state index is -0.348. The minimum absolute atomic E-state index is 0.348. The lowest BCUT2D eigenvalue weighted by Crippen LogP contribution is -2.27. The molecule has 0 fully saturated rings. The molecule has 1 amide bonds. The highest BCUT2D eigenvalue weighted by molar-refractivity contribution is 6.03. The normalized spacial score (nSPS) is 15.3. The molecular weight excluding hydrogens is 212 g/mol. The maximum atomic E-state index is 11.5. The lowest BCUT2D eigenvalue weighted by atomic mass is 9.94. The molecule has 88 valence electrons. The van der Waals surface area contributed by atoms with E-state index in [9.17, 15) is 4.79 Å². The Morgan fingerprint density at radius 2 is 2.06 bits per heavy atom. The number of nitrogens with two attached hydrogens (primary N) is 1. The number of likely N-dealkylation sites (N-methyl/N-ethyl adjacent to an activating group) is 1. The Kier molecular flexibility index (Phi) is 3.00. The molecule has 0 bridgehead atoms. The van der Waals surface area contributed by atoms with E-state index in [1.807, 2.05) is 55.4 Å². The predicted octanol–water partition coefficient (Wildman–Crippen LogP) is 1.69. The monoisotopic (exact) mass is 228 g/mol. The molecule has 3 heteroatoms. The molecule has 0 atom stereocenters.